The number of carbonyl (C=O) groups excluding carboxylic acids is 1. The normalized spacial score (nSPS) is 17.4. The molecule has 0 atom stereocenters. The SMILES string of the molecule is O=C(NC1CC1)c1ccc(N2CCC(NS(=O)(=O)c3ccccc3)CC2)c([N+](=O)[O-])c1. The number of hydrogen-bond donors (Lipinski definition) is 2. The predicted octanol–water partition coefficient (Wildman–Crippen LogP) is 2.43. The van der Waals surface area contributed by atoms with E-state index in [4.69, 9.17) is 0 Å². The van der Waals surface area contributed by atoms with Crippen LogP contribution in [0.25, 0.3) is 0 Å². The molecule has 1 saturated heterocycles. The number of nitrogens with zero attached hydrogens (tertiary/aromatic N) is 2. The first kappa shape index (κ1) is 21.3. The number of nitro groups is 1. The van der Waals surface area contributed by atoms with Gasteiger partial charge in [-0.1, -0.05) is 18.2 Å². The van der Waals surface area contributed by atoms with Crippen molar-refractivity contribution in [2.45, 2.75) is 42.7 Å². The Hall–Kier alpha value is -2.98. The van der Waals surface area contributed by atoms with Crippen LogP contribution in [-0.2, 0) is 10.0 Å². The van der Waals surface area contributed by atoms with Gasteiger partial charge in [0, 0.05) is 36.8 Å². The summed E-state index contributed by atoms with van der Waals surface area (Å²) in [6.07, 6.45) is 2.92. The highest BCUT2D eigenvalue weighted by atomic mass is 32.2. The molecule has 0 aromatic heterocycles. The van der Waals surface area contributed by atoms with E-state index in [9.17, 15) is 23.3 Å². The molecule has 1 amide bonds. The second-order valence-electron chi connectivity index (χ2n) is 7.90. The highest BCUT2D eigenvalue weighted by Crippen LogP contribution is 2.32. The van der Waals surface area contributed by atoms with Crippen molar-refractivity contribution in [3.05, 3.63) is 64.2 Å². The van der Waals surface area contributed by atoms with Crippen LogP contribution in [0.1, 0.15) is 36.0 Å². The van der Waals surface area contributed by atoms with E-state index >= 15 is 0 Å². The van der Waals surface area contributed by atoms with Crippen LogP contribution in [0.2, 0.25) is 0 Å². The Balaban J connectivity index is 1.43. The van der Waals surface area contributed by atoms with Gasteiger partial charge in [-0.15, -0.1) is 0 Å². The summed E-state index contributed by atoms with van der Waals surface area (Å²) in [7, 11) is -3.60. The maximum Gasteiger partial charge on any atom is 0.293 e. The molecule has 164 valence electrons. The predicted molar refractivity (Wildman–Crippen MR) is 116 cm³/mol. The smallest absolute Gasteiger partial charge is 0.293 e. The Morgan fingerprint density at radius 1 is 1.00 bits per heavy atom. The minimum atomic E-state index is -3.60. The Morgan fingerprint density at radius 2 is 1.68 bits per heavy atom. The maximum absolute atomic E-state index is 12.5. The largest absolute Gasteiger partial charge is 0.366 e. The number of benzene rings is 2. The van der Waals surface area contributed by atoms with Crippen LogP contribution in [0, 0.1) is 10.1 Å². The lowest BCUT2D eigenvalue weighted by molar-refractivity contribution is -0.384. The molecule has 31 heavy (non-hydrogen) atoms. The number of carbonyl (C=O) groups is 1. The van der Waals surface area contributed by atoms with E-state index in [0.29, 0.717) is 31.6 Å². The summed E-state index contributed by atoms with van der Waals surface area (Å²) in [4.78, 5) is 25.5. The average molecular weight is 445 g/mol. The molecule has 2 aliphatic rings. The summed E-state index contributed by atoms with van der Waals surface area (Å²) in [6.45, 7) is 0.937. The van der Waals surface area contributed by atoms with Crippen LogP contribution in [-0.4, -0.2) is 44.4 Å². The van der Waals surface area contributed by atoms with Gasteiger partial charge in [0.05, 0.1) is 9.82 Å². The number of hydrogen-bond acceptors (Lipinski definition) is 6. The number of rotatable bonds is 7. The summed E-state index contributed by atoms with van der Waals surface area (Å²) < 4.78 is 27.8. The van der Waals surface area contributed by atoms with Crippen molar-refractivity contribution in [3.63, 3.8) is 0 Å². The van der Waals surface area contributed by atoms with Crippen LogP contribution in [0.15, 0.2) is 53.4 Å². The molecule has 1 aliphatic carbocycles. The molecule has 1 aliphatic heterocycles. The first-order valence-electron chi connectivity index (χ1n) is 10.2. The summed E-state index contributed by atoms with van der Waals surface area (Å²) >= 11 is 0. The van der Waals surface area contributed by atoms with E-state index in [-0.39, 0.29) is 34.1 Å². The van der Waals surface area contributed by atoms with E-state index < -0.39 is 14.9 Å². The van der Waals surface area contributed by atoms with E-state index in [2.05, 4.69) is 10.0 Å². The number of nitro benzene ring substituents is 1. The van der Waals surface area contributed by atoms with Gasteiger partial charge >= 0.3 is 0 Å². The molecule has 2 N–H and O–H groups in total. The summed E-state index contributed by atoms with van der Waals surface area (Å²) in [5.41, 5.74) is 0.594. The fourth-order valence-electron chi connectivity index (χ4n) is 3.70. The monoisotopic (exact) mass is 444 g/mol. The fourth-order valence-corrected chi connectivity index (χ4v) is 5.03. The minimum Gasteiger partial charge on any atom is -0.366 e. The Bertz CT molecular complexity index is 1080. The first-order chi connectivity index (χ1) is 14.8. The van der Waals surface area contributed by atoms with Gasteiger partial charge < -0.3 is 10.2 Å². The topological polar surface area (TPSA) is 122 Å². The zero-order valence-electron chi connectivity index (χ0n) is 16.9. The maximum atomic E-state index is 12.5. The van der Waals surface area contributed by atoms with Gasteiger partial charge in [-0.3, -0.25) is 14.9 Å². The number of piperidine rings is 1. The van der Waals surface area contributed by atoms with Gasteiger partial charge in [0.1, 0.15) is 5.69 Å². The molecule has 2 aromatic carbocycles. The Kier molecular flexibility index (Phi) is 5.92. The second-order valence-corrected chi connectivity index (χ2v) is 9.62. The summed E-state index contributed by atoms with van der Waals surface area (Å²) in [5.74, 6) is -0.300. The molecule has 10 heteroatoms. The van der Waals surface area contributed by atoms with E-state index in [1.54, 1.807) is 42.5 Å². The third kappa shape index (κ3) is 5.02. The number of sulfonamides is 1. The first-order valence-corrected chi connectivity index (χ1v) is 11.7. The third-order valence-corrected chi connectivity index (χ3v) is 7.09. The van der Waals surface area contributed by atoms with Gasteiger partial charge in [-0.05, 0) is 49.9 Å². The molecule has 0 bridgehead atoms. The lowest BCUT2D eigenvalue weighted by atomic mass is 10.0. The van der Waals surface area contributed by atoms with Crippen molar-refractivity contribution in [1.82, 2.24) is 10.0 Å². The van der Waals surface area contributed by atoms with E-state index in [1.807, 2.05) is 4.90 Å². The molecule has 4 rings (SSSR count). The summed E-state index contributed by atoms with van der Waals surface area (Å²) in [5, 5.41) is 14.5. The summed E-state index contributed by atoms with van der Waals surface area (Å²) in [6, 6.07) is 12.6. The lowest BCUT2D eigenvalue weighted by Crippen LogP contribution is -2.44. The van der Waals surface area contributed by atoms with Gasteiger partial charge in [0.15, 0.2) is 0 Å². The van der Waals surface area contributed by atoms with E-state index in [0.717, 1.165) is 12.8 Å². The zero-order chi connectivity index (χ0) is 22.0. The molecule has 0 unspecified atom stereocenters. The molecule has 0 radical (unpaired) electrons. The number of amides is 1. The van der Waals surface area contributed by atoms with Crippen LogP contribution in [0.5, 0.6) is 0 Å². The minimum absolute atomic E-state index is 0.119. The molecule has 2 aromatic rings. The van der Waals surface area contributed by atoms with Crippen LogP contribution >= 0.6 is 0 Å². The van der Waals surface area contributed by atoms with Crippen LogP contribution in [0.3, 0.4) is 0 Å². The van der Waals surface area contributed by atoms with Crippen molar-refractivity contribution in [3.8, 4) is 0 Å². The molecule has 9 nitrogen and oxygen atoms in total. The number of nitrogens with one attached hydrogen (secondary N) is 2. The van der Waals surface area contributed by atoms with Gasteiger partial charge in [0.2, 0.25) is 10.0 Å². The van der Waals surface area contributed by atoms with Gasteiger partial charge in [-0.25, -0.2) is 13.1 Å². The standard InChI is InChI=1S/C21H24N4O5S/c26-21(22-16-7-8-16)15-6-9-19(20(14-15)25(27)28)24-12-10-17(11-13-24)23-31(29,30)18-4-2-1-3-5-18/h1-6,9,14,16-17,23H,7-8,10-13H2,(H,22,26). The average Bonchev–Trinajstić information content (AvgIpc) is 3.58. The number of anilines is 1. The molecule has 2 fully saturated rings. The molecule has 1 saturated carbocycles. The third-order valence-electron chi connectivity index (χ3n) is 5.56. The van der Waals surface area contributed by atoms with Crippen LogP contribution < -0.4 is 14.9 Å². The molecular weight excluding hydrogens is 420 g/mol. The quantitative estimate of drug-likeness (QED) is 0.500. The second kappa shape index (κ2) is 8.64. The molecule has 1 heterocycles. The van der Waals surface area contributed by atoms with Crippen LogP contribution in [0.4, 0.5) is 11.4 Å². The lowest BCUT2D eigenvalue weighted by Gasteiger charge is -2.33. The Morgan fingerprint density at radius 3 is 2.29 bits per heavy atom. The molecule has 0 spiro atoms. The highest BCUT2D eigenvalue weighted by molar-refractivity contribution is 7.89. The zero-order valence-corrected chi connectivity index (χ0v) is 17.7. The molecular formula is C21H24N4O5S. The fraction of sp³-hybridized carbons (Fsp3) is 0.381. The Labute approximate surface area is 180 Å². The van der Waals surface area contributed by atoms with Gasteiger partial charge in [0.25, 0.3) is 11.6 Å². The van der Waals surface area contributed by atoms with Crippen molar-refractivity contribution >= 4 is 27.3 Å². The van der Waals surface area contributed by atoms with E-state index in [1.165, 1.54) is 6.07 Å². The highest BCUT2D eigenvalue weighted by Gasteiger charge is 2.29. The van der Waals surface area contributed by atoms with Gasteiger partial charge in [-0.2, -0.15) is 0 Å². The van der Waals surface area contributed by atoms with Crippen molar-refractivity contribution < 1.29 is 18.1 Å². The van der Waals surface area contributed by atoms with Crippen molar-refractivity contribution in [2.75, 3.05) is 18.0 Å². The van der Waals surface area contributed by atoms with Crippen molar-refractivity contribution in [1.29, 1.82) is 0 Å². The van der Waals surface area contributed by atoms with Crippen molar-refractivity contribution in [2.24, 2.45) is 0 Å².